The van der Waals surface area contributed by atoms with Gasteiger partial charge >= 0.3 is 0 Å². The van der Waals surface area contributed by atoms with Crippen molar-refractivity contribution in [3.05, 3.63) is 0 Å². The van der Waals surface area contributed by atoms with Gasteiger partial charge < -0.3 is 10.6 Å². The Labute approximate surface area is 96.9 Å². The summed E-state index contributed by atoms with van der Waals surface area (Å²) in [4.78, 5) is 14.0. The molecule has 0 bridgehead atoms. The van der Waals surface area contributed by atoms with E-state index in [0.29, 0.717) is 24.3 Å². The Kier molecular flexibility index (Phi) is 4.01. The number of nitrogens with two attached hydrogens (primary N) is 1. The maximum Gasteiger partial charge on any atom is 0.229 e. The molecule has 1 fully saturated rings. The van der Waals surface area contributed by atoms with Crippen molar-refractivity contribution in [3.63, 3.8) is 0 Å². The average molecular weight is 233 g/mol. The lowest BCUT2D eigenvalue weighted by atomic mass is 9.94. The van der Waals surface area contributed by atoms with Crippen molar-refractivity contribution >= 4 is 17.5 Å². The summed E-state index contributed by atoms with van der Waals surface area (Å²) in [6.45, 7) is 8.20. The van der Waals surface area contributed by atoms with E-state index in [2.05, 4.69) is 6.92 Å². The third kappa shape index (κ3) is 2.64. The number of halogens is 1. The molecule has 88 valence electrons. The number of likely N-dealkylation sites (tertiary alicyclic amines) is 1. The Morgan fingerprint density at radius 2 is 2.13 bits per heavy atom. The Bertz CT molecular complexity index is 243. The van der Waals surface area contributed by atoms with Crippen molar-refractivity contribution in [2.24, 2.45) is 23.0 Å². The van der Waals surface area contributed by atoms with E-state index >= 15 is 0 Å². The lowest BCUT2D eigenvalue weighted by Crippen LogP contribution is -2.41. The molecule has 2 atom stereocenters. The first-order chi connectivity index (χ1) is 6.92. The SMILES string of the molecule is C[C@@H]1CN(C(=O)C(C)(C)CCl)C[C@H]1CN. The number of carbonyl (C=O) groups excluding carboxylic acids is 1. The molecule has 1 aliphatic rings. The number of alkyl halides is 1. The topological polar surface area (TPSA) is 46.3 Å². The molecule has 1 aliphatic heterocycles. The Balaban J connectivity index is 2.64. The van der Waals surface area contributed by atoms with Crippen LogP contribution in [0.4, 0.5) is 0 Å². The molecule has 0 radical (unpaired) electrons. The van der Waals surface area contributed by atoms with Gasteiger partial charge in [0, 0.05) is 19.0 Å². The summed E-state index contributed by atoms with van der Waals surface area (Å²) in [6, 6.07) is 0. The van der Waals surface area contributed by atoms with Gasteiger partial charge in [0.2, 0.25) is 5.91 Å². The van der Waals surface area contributed by atoms with Gasteiger partial charge in [-0.15, -0.1) is 11.6 Å². The average Bonchev–Trinajstić information content (AvgIpc) is 2.58. The fourth-order valence-electron chi connectivity index (χ4n) is 1.99. The Morgan fingerprint density at radius 3 is 2.53 bits per heavy atom. The van der Waals surface area contributed by atoms with Crippen LogP contribution < -0.4 is 5.73 Å². The van der Waals surface area contributed by atoms with Gasteiger partial charge in [-0.2, -0.15) is 0 Å². The summed E-state index contributed by atoms with van der Waals surface area (Å²) in [6.07, 6.45) is 0. The number of carbonyl (C=O) groups is 1. The van der Waals surface area contributed by atoms with Crippen molar-refractivity contribution in [1.29, 1.82) is 0 Å². The minimum Gasteiger partial charge on any atom is -0.342 e. The van der Waals surface area contributed by atoms with Crippen LogP contribution in [0.5, 0.6) is 0 Å². The normalized spacial score (nSPS) is 27.1. The van der Waals surface area contributed by atoms with Crippen molar-refractivity contribution < 1.29 is 4.79 Å². The minimum atomic E-state index is -0.454. The molecule has 15 heavy (non-hydrogen) atoms. The first kappa shape index (κ1) is 12.8. The van der Waals surface area contributed by atoms with Crippen LogP contribution in [0.2, 0.25) is 0 Å². The molecule has 0 aliphatic carbocycles. The third-order valence-electron chi connectivity index (χ3n) is 3.27. The van der Waals surface area contributed by atoms with Crippen LogP contribution in [0.25, 0.3) is 0 Å². The smallest absolute Gasteiger partial charge is 0.229 e. The molecule has 4 heteroatoms. The van der Waals surface area contributed by atoms with Gasteiger partial charge in [-0.05, 0) is 32.2 Å². The van der Waals surface area contributed by atoms with E-state index in [1.807, 2.05) is 18.7 Å². The van der Waals surface area contributed by atoms with Crippen LogP contribution in [-0.2, 0) is 4.79 Å². The molecule has 2 N–H and O–H groups in total. The highest BCUT2D eigenvalue weighted by molar-refractivity contribution is 6.19. The van der Waals surface area contributed by atoms with Gasteiger partial charge in [-0.25, -0.2) is 0 Å². The van der Waals surface area contributed by atoms with Crippen molar-refractivity contribution in [3.8, 4) is 0 Å². The number of rotatable bonds is 3. The molecule has 0 spiro atoms. The summed E-state index contributed by atoms with van der Waals surface area (Å²) in [5.41, 5.74) is 5.21. The van der Waals surface area contributed by atoms with Gasteiger partial charge in [0.05, 0.1) is 5.41 Å². The fraction of sp³-hybridized carbons (Fsp3) is 0.909. The van der Waals surface area contributed by atoms with Crippen molar-refractivity contribution in [1.82, 2.24) is 4.90 Å². The standard InChI is InChI=1S/C11H21ClN2O/c1-8-5-14(6-9(8)4-13)10(15)11(2,3)7-12/h8-9H,4-7,13H2,1-3H3/t8-,9-/m1/s1. The van der Waals surface area contributed by atoms with Gasteiger partial charge in [0.1, 0.15) is 0 Å². The molecular weight excluding hydrogens is 212 g/mol. The highest BCUT2D eigenvalue weighted by atomic mass is 35.5. The molecule has 0 saturated carbocycles. The zero-order valence-electron chi connectivity index (χ0n) is 9.79. The summed E-state index contributed by atoms with van der Waals surface area (Å²) in [5.74, 6) is 1.47. The highest BCUT2D eigenvalue weighted by Crippen LogP contribution is 2.28. The molecule has 1 rings (SSSR count). The Morgan fingerprint density at radius 1 is 1.53 bits per heavy atom. The van der Waals surface area contributed by atoms with Gasteiger partial charge in [-0.3, -0.25) is 4.79 Å². The molecule has 0 aromatic carbocycles. The summed E-state index contributed by atoms with van der Waals surface area (Å²) in [7, 11) is 0. The highest BCUT2D eigenvalue weighted by Gasteiger charge is 2.37. The van der Waals surface area contributed by atoms with Crippen LogP contribution in [0.1, 0.15) is 20.8 Å². The Hall–Kier alpha value is -0.280. The molecule has 0 aromatic rings. The predicted octanol–water partition coefficient (Wildman–Crippen LogP) is 1.30. The lowest BCUT2D eigenvalue weighted by molar-refractivity contribution is -0.138. The maximum atomic E-state index is 12.1. The van der Waals surface area contributed by atoms with Gasteiger partial charge in [-0.1, -0.05) is 6.92 Å². The monoisotopic (exact) mass is 232 g/mol. The zero-order chi connectivity index (χ0) is 11.6. The first-order valence-corrected chi connectivity index (χ1v) is 6.01. The molecular formula is C11H21ClN2O. The van der Waals surface area contributed by atoms with E-state index < -0.39 is 5.41 Å². The van der Waals surface area contributed by atoms with Crippen LogP contribution in [-0.4, -0.2) is 36.3 Å². The second-order valence-electron chi connectivity index (χ2n) is 5.20. The van der Waals surface area contributed by atoms with E-state index in [1.54, 1.807) is 0 Å². The minimum absolute atomic E-state index is 0.153. The quantitative estimate of drug-likeness (QED) is 0.746. The third-order valence-corrected chi connectivity index (χ3v) is 3.94. The largest absolute Gasteiger partial charge is 0.342 e. The van der Waals surface area contributed by atoms with E-state index in [9.17, 15) is 4.79 Å². The van der Waals surface area contributed by atoms with E-state index in [4.69, 9.17) is 17.3 Å². The van der Waals surface area contributed by atoms with E-state index in [-0.39, 0.29) is 5.91 Å². The van der Waals surface area contributed by atoms with Crippen LogP contribution >= 0.6 is 11.6 Å². The summed E-state index contributed by atoms with van der Waals surface area (Å²) < 4.78 is 0. The van der Waals surface area contributed by atoms with Crippen molar-refractivity contribution in [2.45, 2.75) is 20.8 Å². The molecule has 0 unspecified atom stereocenters. The molecule has 3 nitrogen and oxygen atoms in total. The van der Waals surface area contributed by atoms with Crippen LogP contribution in [0, 0.1) is 17.3 Å². The second kappa shape index (κ2) is 4.71. The van der Waals surface area contributed by atoms with Gasteiger partial charge in [0.25, 0.3) is 0 Å². The lowest BCUT2D eigenvalue weighted by Gasteiger charge is -2.27. The zero-order valence-corrected chi connectivity index (χ0v) is 10.5. The first-order valence-electron chi connectivity index (χ1n) is 5.47. The van der Waals surface area contributed by atoms with E-state index in [1.165, 1.54) is 0 Å². The van der Waals surface area contributed by atoms with Crippen LogP contribution in [0.15, 0.2) is 0 Å². The maximum absolute atomic E-state index is 12.1. The summed E-state index contributed by atoms with van der Waals surface area (Å²) in [5, 5.41) is 0. The molecule has 1 amide bonds. The molecule has 1 saturated heterocycles. The molecule has 0 aromatic heterocycles. The molecule has 1 heterocycles. The number of nitrogens with zero attached hydrogens (tertiary/aromatic N) is 1. The van der Waals surface area contributed by atoms with Crippen LogP contribution in [0.3, 0.4) is 0 Å². The number of hydrogen-bond donors (Lipinski definition) is 1. The van der Waals surface area contributed by atoms with Gasteiger partial charge in [0.15, 0.2) is 0 Å². The van der Waals surface area contributed by atoms with E-state index in [0.717, 1.165) is 13.1 Å². The number of hydrogen-bond acceptors (Lipinski definition) is 2. The second-order valence-corrected chi connectivity index (χ2v) is 5.47. The fourth-order valence-corrected chi connectivity index (χ4v) is 2.11. The summed E-state index contributed by atoms with van der Waals surface area (Å²) >= 11 is 5.80. The predicted molar refractivity (Wildman–Crippen MR) is 62.8 cm³/mol. The van der Waals surface area contributed by atoms with Crippen molar-refractivity contribution in [2.75, 3.05) is 25.5 Å². The number of amides is 1.